The fourth-order valence-electron chi connectivity index (χ4n) is 1.84. The Bertz CT molecular complexity index is 677. The Hall–Kier alpha value is -1.58. The predicted octanol–water partition coefficient (Wildman–Crippen LogP) is 0.974. The molecule has 0 amide bonds. The maximum absolute atomic E-state index is 11.3. The molecule has 0 aliphatic carbocycles. The summed E-state index contributed by atoms with van der Waals surface area (Å²) in [6.07, 6.45) is 0. The van der Waals surface area contributed by atoms with E-state index >= 15 is 0 Å². The Morgan fingerprint density at radius 2 is 1.14 bits per heavy atom. The molecule has 0 radical (unpaired) electrons. The number of hydrogen-bond acceptors (Lipinski definition) is 2. The standard InChI is InChI=1S/C16H14O4Se2/c1-9-3-5-11(15(17)18)13(7-9)21-22-14-8-10(2)4-6-12(14)16(19)20/h3-8H,1-2H3,(H,17,18)(H,19,20). The van der Waals surface area contributed by atoms with Crippen LogP contribution < -0.4 is 8.92 Å². The third kappa shape index (κ3) is 3.99. The van der Waals surface area contributed by atoms with Gasteiger partial charge in [-0.3, -0.25) is 0 Å². The second kappa shape index (κ2) is 7.12. The number of hydrogen-bond donors (Lipinski definition) is 2. The van der Waals surface area contributed by atoms with Crippen LogP contribution >= 0.6 is 0 Å². The molecule has 0 saturated heterocycles. The fraction of sp³-hybridized carbons (Fsp3) is 0.125. The van der Waals surface area contributed by atoms with Crippen molar-refractivity contribution >= 4 is 47.1 Å². The summed E-state index contributed by atoms with van der Waals surface area (Å²) in [4.78, 5) is 22.6. The van der Waals surface area contributed by atoms with Gasteiger partial charge in [0.05, 0.1) is 0 Å². The number of carboxylic acids is 2. The van der Waals surface area contributed by atoms with Crippen LogP contribution in [-0.4, -0.2) is 48.4 Å². The van der Waals surface area contributed by atoms with Crippen molar-refractivity contribution in [2.75, 3.05) is 0 Å². The molecule has 2 aromatic carbocycles. The van der Waals surface area contributed by atoms with Crippen molar-refractivity contribution in [2.24, 2.45) is 0 Å². The van der Waals surface area contributed by atoms with Gasteiger partial charge in [0.2, 0.25) is 0 Å². The van der Waals surface area contributed by atoms with Gasteiger partial charge in [-0.15, -0.1) is 0 Å². The van der Waals surface area contributed by atoms with Gasteiger partial charge in [-0.1, -0.05) is 0 Å². The number of aromatic carboxylic acids is 2. The van der Waals surface area contributed by atoms with Crippen LogP contribution in [0.3, 0.4) is 0 Å². The first-order chi connectivity index (χ1) is 10.4. The molecule has 2 aromatic rings. The van der Waals surface area contributed by atoms with Crippen LogP contribution in [0.2, 0.25) is 0 Å². The first-order valence-corrected chi connectivity index (χ1v) is 12.5. The average molecular weight is 428 g/mol. The molecule has 114 valence electrons. The SMILES string of the molecule is Cc1ccc(C(=O)O)c([Se][Se]c2cc(C)ccc2C(=O)O)c1. The van der Waals surface area contributed by atoms with E-state index < -0.39 is 11.9 Å². The Balaban J connectivity index is 2.31. The van der Waals surface area contributed by atoms with Crippen molar-refractivity contribution in [1.29, 1.82) is 0 Å². The average Bonchev–Trinajstić information content (AvgIpc) is 2.44. The van der Waals surface area contributed by atoms with Crippen LogP contribution in [0, 0.1) is 13.8 Å². The Morgan fingerprint density at radius 1 is 0.773 bits per heavy atom. The van der Waals surface area contributed by atoms with Gasteiger partial charge in [-0.05, 0) is 0 Å². The maximum atomic E-state index is 11.3. The summed E-state index contributed by atoms with van der Waals surface area (Å²) in [7, 11) is 0. The molecule has 0 heterocycles. The zero-order valence-corrected chi connectivity index (χ0v) is 15.4. The van der Waals surface area contributed by atoms with Crippen molar-refractivity contribution in [3.8, 4) is 0 Å². The number of aryl methyl sites for hydroxylation is 2. The normalized spacial score (nSPS) is 10.5. The first-order valence-electron chi connectivity index (χ1n) is 6.41. The van der Waals surface area contributed by atoms with Gasteiger partial charge < -0.3 is 0 Å². The van der Waals surface area contributed by atoms with E-state index in [0.717, 1.165) is 20.1 Å². The molecule has 0 spiro atoms. The molecule has 0 aromatic heterocycles. The number of benzene rings is 2. The number of rotatable bonds is 5. The van der Waals surface area contributed by atoms with E-state index in [-0.39, 0.29) is 26.3 Å². The molecule has 6 heteroatoms. The molecular weight excluding hydrogens is 414 g/mol. The van der Waals surface area contributed by atoms with E-state index in [4.69, 9.17) is 0 Å². The third-order valence-corrected chi connectivity index (χ3v) is 10.1. The summed E-state index contributed by atoms with van der Waals surface area (Å²) in [6, 6.07) is 10.6. The summed E-state index contributed by atoms with van der Waals surface area (Å²) < 4.78 is 1.63. The van der Waals surface area contributed by atoms with E-state index in [2.05, 4.69) is 0 Å². The summed E-state index contributed by atoms with van der Waals surface area (Å²) in [5, 5.41) is 18.5. The van der Waals surface area contributed by atoms with Crippen LogP contribution in [-0.2, 0) is 0 Å². The van der Waals surface area contributed by atoms with Crippen LogP contribution in [0.4, 0.5) is 0 Å². The van der Waals surface area contributed by atoms with Crippen molar-refractivity contribution in [3.05, 3.63) is 58.7 Å². The summed E-state index contributed by atoms with van der Waals surface area (Å²) in [5.41, 5.74) is 2.66. The van der Waals surface area contributed by atoms with Gasteiger partial charge in [-0.25, -0.2) is 0 Å². The summed E-state index contributed by atoms with van der Waals surface area (Å²) in [6.45, 7) is 3.85. The summed E-state index contributed by atoms with van der Waals surface area (Å²) in [5.74, 6) is -1.87. The minimum absolute atomic E-state index is 0.0786. The van der Waals surface area contributed by atoms with E-state index in [1.165, 1.54) is 0 Å². The molecule has 2 rings (SSSR count). The Morgan fingerprint density at radius 3 is 1.45 bits per heavy atom. The molecule has 22 heavy (non-hydrogen) atoms. The molecular formula is C16H14O4Se2. The topological polar surface area (TPSA) is 74.6 Å². The molecule has 0 bridgehead atoms. The van der Waals surface area contributed by atoms with Gasteiger partial charge in [-0.2, -0.15) is 0 Å². The van der Waals surface area contributed by atoms with Gasteiger partial charge in [0.15, 0.2) is 0 Å². The van der Waals surface area contributed by atoms with Crippen LogP contribution in [0.5, 0.6) is 0 Å². The zero-order valence-electron chi connectivity index (χ0n) is 12.0. The van der Waals surface area contributed by atoms with E-state index in [1.54, 1.807) is 24.3 Å². The molecule has 0 unspecified atom stereocenters. The Kier molecular flexibility index (Phi) is 5.43. The van der Waals surface area contributed by atoms with Crippen LogP contribution in [0.25, 0.3) is 0 Å². The molecule has 4 nitrogen and oxygen atoms in total. The minimum atomic E-state index is -0.935. The second-order valence-corrected chi connectivity index (χ2v) is 11.0. The van der Waals surface area contributed by atoms with Gasteiger partial charge in [0.1, 0.15) is 0 Å². The van der Waals surface area contributed by atoms with Crippen molar-refractivity contribution in [1.82, 2.24) is 0 Å². The van der Waals surface area contributed by atoms with Crippen molar-refractivity contribution < 1.29 is 19.8 Å². The summed E-state index contributed by atoms with van der Waals surface area (Å²) >= 11 is -0.157. The van der Waals surface area contributed by atoms with Gasteiger partial charge in [0, 0.05) is 0 Å². The third-order valence-electron chi connectivity index (χ3n) is 2.96. The molecule has 0 aliphatic heterocycles. The van der Waals surface area contributed by atoms with Gasteiger partial charge >= 0.3 is 139 Å². The molecule has 0 saturated carbocycles. The first kappa shape index (κ1) is 16.8. The quantitative estimate of drug-likeness (QED) is 0.697. The monoisotopic (exact) mass is 430 g/mol. The second-order valence-electron chi connectivity index (χ2n) is 4.78. The zero-order chi connectivity index (χ0) is 16.3. The van der Waals surface area contributed by atoms with Crippen LogP contribution in [0.1, 0.15) is 31.8 Å². The number of carbonyl (C=O) groups is 2. The van der Waals surface area contributed by atoms with E-state index in [9.17, 15) is 19.8 Å². The fourth-order valence-corrected chi connectivity index (χ4v) is 9.19. The van der Waals surface area contributed by atoms with Gasteiger partial charge in [0.25, 0.3) is 0 Å². The van der Waals surface area contributed by atoms with Crippen molar-refractivity contribution in [3.63, 3.8) is 0 Å². The van der Waals surface area contributed by atoms with E-state index in [0.29, 0.717) is 11.1 Å². The molecule has 0 aliphatic rings. The van der Waals surface area contributed by atoms with Crippen molar-refractivity contribution in [2.45, 2.75) is 13.8 Å². The molecule has 0 atom stereocenters. The molecule has 2 N–H and O–H groups in total. The predicted molar refractivity (Wildman–Crippen MR) is 87.1 cm³/mol. The van der Waals surface area contributed by atoms with Crippen LogP contribution in [0.15, 0.2) is 36.4 Å². The molecule has 0 fully saturated rings. The Labute approximate surface area is 139 Å². The van der Waals surface area contributed by atoms with E-state index in [1.807, 2.05) is 26.0 Å². The number of carboxylic acid groups (broad SMARTS) is 2.